The third kappa shape index (κ3) is 2.25. The van der Waals surface area contributed by atoms with Gasteiger partial charge in [-0.25, -0.2) is 5.01 Å². The standard InChI is InChI=1S/C11H22N4O/c1-9(2,3)8-7-13-14-15(10(4,5)6)11(8,12)16/h7,16H,12H2,1-6H3. The van der Waals surface area contributed by atoms with Crippen LogP contribution in [0, 0.1) is 5.41 Å². The van der Waals surface area contributed by atoms with Crippen LogP contribution in [0.3, 0.4) is 0 Å². The summed E-state index contributed by atoms with van der Waals surface area (Å²) in [6.07, 6.45) is 1.54. The predicted octanol–water partition coefficient (Wildman–Crippen LogP) is 2.00. The lowest BCUT2D eigenvalue weighted by atomic mass is 9.82. The maximum atomic E-state index is 10.4. The van der Waals surface area contributed by atoms with Crippen molar-refractivity contribution in [1.82, 2.24) is 5.01 Å². The fraction of sp³-hybridized carbons (Fsp3) is 0.818. The predicted molar refractivity (Wildman–Crippen MR) is 63.1 cm³/mol. The van der Waals surface area contributed by atoms with E-state index >= 15 is 0 Å². The van der Waals surface area contributed by atoms with Crippen LogP contribution in [0.4, 0.5) is 0 Å². The molecule has 0 aromatic carbocycles. The largest absolute Gasteiger partial charge is 0.354 e. The molecule has 0 bridgehead atoms. The van der Waals surface area contributed by atoms with E-state index in [1.54, 1.807) is 6.20 Å². The maximum absolute atomic E-state index is 10.4. The van der Waals surface area contributed by atoms with Gasteiger partial charge in [0.05, 0.1) is 11.7 Å². The molecule has 0 saturated carbocycles. The number of hydrogen-bond acceptors (Lipinski definition) is 5. The Kier molecular flexibility index (Phi) is 2.90. The summed E-state index contributed by atoms with van der Waals surface area (Å²) < 4.78 is 0. The first-order valence-electron chi connectivity index (χ1n) is 5.41. The first-order chi connectivity index (χ1) is 6.97. The lowest BCUT2D eigenvalue weighted by molar-refractivity contribution is -0.134. The highest BCUT2D eigenvalue weighted by Crippen LogP contribution is 2.38. The average molecular weight is 226 g/mol. The van der Waals surface area contributed by atoms with Crippen LogP contribution in [0.15, 0.2) is 22.1 Å². The van der Waals surface area contributed by atoms with Gasteiger partial charge in [0.25, 0.3) is 0 Å². The molecule has 16 heavy (non-hydrogen) atoms. The van der Waals surface area contributed by atoms with Crippen molar-refractivity contribution in [2.45, 2.75) is 52.9 Å². The molecule has 0 radical (unpaired) electrons. The lowest BCUT2D eigenvalue weighted by Crippen LogP contribution is -2.63. The van der Waals surface area contributed by atoms with Crippen LogP contribution in [0.25, 0.3) is 0 Å². The maximum Gasteiger partial charge on any atom is 0.235 e. The summed E-state index contributed by atoms with van der Waals surface area (Å²) in [5.41, 5.74) is 6.01. The van der Waals surface area contributed by atoms with Crippen molar-refractivity contribution in [3.63, 3.8) is 0 Å². The molecular weight excluding hydrogens is 204 g/mol. The summed E-state index contributed by atoms with van der Waals surface area (Å²) in [5, 5.41) is 19.7. The van der Waals surface area contributed by atoms with Crippen molar-refractivity contribution >= 4 is 0 Å². The highest BCUT2D eigenvalue weighted by Gasteiger charge is 2.46. The molecule has 0 spiro atoms. The summed E-state index contributed by atoms with van der Waals surface area (Å²) in [6.45, 7) is 11.7. The molecule has 92 valence electrons. The number of rotatable bonds is 0. The lowest BCUT2D eigenvalue weighted by Gasteiger charge is -2.47. The molecule has 1 heterocycles. The van der Waals surface area contributed by atoms with Gasteiger partial charge in [-0.15, -0.1) is 5.11 Å². The van der Waals surface area contributed by atoms with Gasteiger partial charge in [0.1, 0.15) is 0 Å². The zero-order valence-electron chi connectivity index (χ0n) is 10.9. The third-order valence-electron chi connectivity index (χ3n) is 2.49. The van der Waals surface area contributed by atoms with Crippen molar-refractivity contribution in [3.05, 3.63) is 11.8 Å². The molecule has 0 fully saturated rings. The molecule has 0 aliphatic carbocycles. The molecule has 5 heteroatoms. The molecule has 0 amide bonds. The summed E-state index contributed by atoms with van der Waals surface area (Å²) in [4.78, 5) is 0. The van der Waals surface area contributed by atoms with Crippen molar-refractivity contribution in [2.24, 2.45) is 21.5 Å². The third-order valence-corrected chi connectivity index (χ3v) is 2.49. The SMILES string of the molecule is CC(C)(C)C1=CN=NN(C(C)(C)C)C1(N)O. The fourth-order valence-corrected chi connectivity index (χ4v) is 1.80. The highest BCUT2D eigenvalue weighted by atomic mass is 16.3. The first kappa shape index (κ1) is 13.1. The van der Waals surface area contributed by atoms with Crippen molar-refractivity contribution in [1.29, 1.82) is 0 Å². The van der Waals surface area contributed by atoms with E-state index in [0.717, 1.165) is 0 Å². The van der Waals surface area contributed by atoms with Crippen LogP contribution in [0.5, 0.6) is 0 Å². The first-order valence-corrected chi connectivity index (χ1v) is 5.41. The smallest absolute Gasteiger partial charge is 0.235 e. The fourth-order valence-electron chi connectivity index (χ4n) is 1.80. The van der Waals surface area contributed by atoms with E-state index in [-0.39, 0.29) is 5.41 Å². The summed E-state index contributed by atoms with van der Waals surface area (Å²) in [6, 6.07) is 0. The van der Waals surface area contributed by atoms with Crippen LogP contribution < -0.4 is 5.73 Å². The van der Waals surface area contributed by atoms with Crippen LogP contribution in [-0.4, -0.2) is 21.5 Å². The molecule has 0 aromatic rings. The Morgan fingerprint density at radius 2 is 1.75 bits per heavy atom. The van der Waals surface area contributed by atoms with E-state index in [0.29, 0.717) is 5.57 Å². The van der Waals surface area contributed by atoms with Crippen LogP contribution in [0.2, 0.25) is 0 Å². The number of nitrogens with zero attached hydrogens (tertiary/aromatic N) is 3. The molecular formula is C11H22N4O. The van der Waals surface area contributed by atoms with Gasteiger partial charge in [-0.1, -0.05) is 26.0 Å². The van der Waals surface area contributed by atoms with Crippen molar-refractivity contribution < 1.29 is 5.11 Å². The number of nitrogens with two attached hydrogens (primary N) is 1. The molecule has 3 N–H and O–H groups in total. The van der Waals surface area contributed by atoms with Crippen LogP contribution in [-0.2, 0) is 0 Å². The Morgan fingerprint density at radius 3 is 2.12 bits per heavy atom. The Bertz CT molecular complexity index is 331. The van der Waals surface area contributed by atoms with E-state index < -0.39 is 11.4 Å². The van der Waals surface area contributed by atoms with E-state index in [1.165, 1.54) is 5.01 Å². The Labute approximate surface area is 97.0 Å². The van der Waals surface area contributed by atoms with Crippen molar-refractivity contribution in [3.8, 4) is 0 Å². The van der Waals surface area contributed by atoms with E-state index in [9.17, 15) is 5.11 Å². The van der Waals surface area contributed by atoms with E-state index in [1.807, 2.05) is 41.5 Å². The van der Waals surface area contributed by atoms with Crippen LogP contribution >= 0.6 is 0 Å². The zero-order chi connectivity index (χ0) is 12.8. The van der Waals surface area contributed by atoms with Gasteiger partial charge in [0.2, 0.25) is 5.85 Å². The van der Waals surface area contributed by atoms with Gasteiger partial charge >= 0.3 is 0 Å². The number of aliphatic hydroxyl groups is 1. The van der Waals surface area contributed by atoms with E-state index in [4.69, 9.17) is 5.73 Å². The Hall–Kier alpha value is -0.940. The molecule has 1 aliphatic rings. The van der Waals surface area contributed by atoms with Gasteiger partial charge in [0, 0.05) is 5.57 Å². The second kappa shape index (κ2) is 3.53. The van der Waals surface area contributed by atoms with Crippen molar-refractivity contribution in [2.75, 3.05) is 0 Å². The molecule has 1 rings (SSSR count). The van der Waals surface area contributed by atoms with Gasteiger partial charge in [-0.2, -0.15) is 0 Å². The highest BCUT2D eigenvalue weighted by molar-refractivity contribution is 5.22. The molecule has 5 nitrogen and oxygen atoms in total. The summed E-state index contributed by atoms with van der Waals surface area (Å²) >= 11 is 0. The molecule has 0 aromatic heterocycles. The molecule has 1 aliphatic heterocycles. The Morgan fingerprint density at radius 1 is 1.25 bits per heavy atom. The summed E-state index contributed by atoms with van der Waals surface area (Å²) in [5.74, 6) is -1.59. The zero-order valence-corrected chi connectivity index (χ0v) is 10.9. The quantitative estimate of drug-likeness (QED) is 0.620. The Balaban J connectivity index is 3.19. The van der Waals surface area contributed by atoms with E-state index in [2.05, 4.69) is 10.3 Å². The molecule has 1 unspecified atom stereocenters. The van der Waals surface area contributed by atoms with Gasteiger partial charge in [-0.05, 0) is 26.2 Å². The monoisotopic (exact) mass is 226 g/mol. The molecule has 1 atom stereocenters. The average Bonchev–Trinajstić information content (AvgIpc) is 1.97. The minimum Gasteiger partial charge on any atom is -0.354 e. The summed E-state index contributed by atoms with van der Waals surface area (Å²) in [7, 11) is 0. The number of hydrogen-bond donors (Lipinski definition) is 2. The van der Waals surface area contributed by atoms with Crippen LogP contribution in [0.1, 0.15) is 41.5 Å². The minimum absolute atomic E-state index is 0.258. The van der Waals surface area contributed by atoms with Gasteiger partial charge in [-0.3, -0.25) is 5.73 Å². The molecule has 0 saturated heterocycles. The second-order valence-corrected chi connectivity index (χ2v) is 6.21. The van der Waals surface area contributed by atoms with Gasteiger partial charge < -0.3 is 5.11 Å². The minimum atomic E-state index is -1.59. The van der Waals surface area contributed by atoms with Gasteiger partial charge in [0.15, 0.2) is 0 Å². The second-order valence-electron chi connectivity index (χ2n) is 6.21. The topological polar surface area (TPSA) is 74.2 Å². The normalized spacial score (nSPS) is 27.0.